The van der Waals surface area contributed by atoms with Crippen molar-refractivity contribution in [2.75, 3.05) is 20.7 Å². The lowest BCUT2D eigenvalue weighted by atomic mass is 9.95. The molecule has 1 aromatic rings. The van der Waals surface area contributed by atoms with Crippen molar-refractivity contribution < 1.29 is 27.5 Å². The third kappa shape index (κ3) is 3.72. The number of amides is 1. The lowest BCUT2D eigenvalue weighted by Crippen LogP contribution is -2.68. The minimum absolute atomic E-state index is 0.262. The van der Waals surface area contributed by atoms with Crippen LogP contribution >= 0.6 is 0 Å². The van der Waals surface area contributed by atoms with Gasteiger partial charge < -0.3 is 10.4 Å². The summed E-state index contributed by atoms with van der Waals surface area (Å²) >= 11 is 0. The van der Waals surface area contributed by atoms with E-state index in [0.29, 0.717) is 11.6 Å². The highest BCUT2D eigenvalue weighted by molar-refractivity contribution is 5.81. The van der Waals surface area contributed by atoms with E-state index in [-0.39, 0.29) is 12.5 Å². The first-order valence-electron chi connectivity index (χ1n) is 8.79. The van der Waals surface area contributed by atoms with E-state index in [2.05, 4.69) is 16.1 Å². The zero-order chi connectivity index (χ0) is 20.8. The van der Waals surface area contributed by atoms with Crippen molar-refractivity contribution in [3.8, 4) is 0 Å². The van der Waals surface area contributed by atoms with Crippen LogP contribution in [0.5, 0.6) is 0 Å². The van der Waals surface area contributed by atoms with Crippen molar-refractivity contribution in [3.05, 3.63) is 35.1 Å². The Hall–Kier alpha value is -1.79. The predicted octanol–water partition coefficient (Wildman–Crippen LogP) is 0.593. The molecular formula is C17H23F4N5O2. The van der Waals surface area contributed by atoms with Crippen LogP contribution in [0.3, 0.4) is 0 Å². The Kier molecular flexibility index (Phi) is 5.65. The molecule has 7 nitrogen and oxygen atoms in total. The molecule has 0 radical (unpaired) electrons. The number of rotatable bonds is 4. The molecule has 5 unspecified atom stereocenters. The third-order valence-corrected chi connectivity index (χ3v) is 5.21. The summed E-state index contributed by atoms with van der Waals surface area (Å²) < 4.78 is 52.5. The Bertz CT molecular complexity index is 745. The van der Waals surface area contributed by atoms with Crippen LogP contribution < -0.4 is 16.1 Å². The van der Waals surface area contributed by atoms with Crippen LogP contribution in [-0.2, 0) is 11.0 Å². The SMILES string of the molecule is CC(c1ccc(C(F)(F)F)c(F)c1)N1NC(CO)C2C(=O)NC(N(C)C)NC21. The summed E-state index contributed by atoms with van der Waals surface area (Å²) in [4.78, 5) is 14.3. The highest BCUT2D eigenvalue weighted by atomic mass is 19.4. The van der Waals surface area contributed by atoms with E-state index < -0.39 is 48.0 Å². The van der Waals surface area contributed by atoms with E-state index in [1.54, 1.807) is 30.9 Å². The van der Waals surface area contributed by atoms with Crippen LogP contribution in [0.25, 0.3) is 0 Å². The van der Waals surface area contributed by atoms with E-state index in [1.807, 2.05) is 0 Å². The highest BCUT2D eigenvalue weighted by Crippen LogP contribution is 2.35. The van der Waals surface area contributed by atoms with Gasteiger partial charge in [0.05, 0.1) is 30.3 Å². The number of halogens is 4. The van der Waals surface area contributed by atoms with Crippen LogP contribution in [0, 0.1) is 11.7 Å². The Morgan fingerprint density at radius 1 is 1.32 bits per heavy atom. The summed E-state index contributed by atoms with van der Waals surface area (Å²) in [6.45, 7) is 1.37. The van der Waals surface area contributed by atoms with E-state index in [9.17, 15) is 27.5 Å². The van der Waals surface area contributed by atoms with Gasteiger partial charge in [-0.1, -0.05) is 6.07 Å². The maximum Gasteiger partial charge on any atom is 0.419 e. The number of nitrogens with one attached hydrogen (secondary N) is 3. The topological polar surface area (TPSA) is 79.9 Å². The first-order chi connectivity index (χ1) is 13.0. The molecule has 3 rings (SSSR count). The maximum atomic E-state index is 14.0. The molecular weight excluding hydrogens is 382 g/mol. The predicted molar refractivity (Wildman–Crippen MR) is 91.7 cm³/mol. The summed E-state index contributed by atoms with van der Waals surface area (Å²) in [6, 6.07) is 1.63. The summed E-state index contributed by atoms with van der Waals surface area (Å²) in [5.74, 6) is -2.24. The second-order valence-corrected chi connectivity index (χ2v) is 7.25. The molecule has 0 spiro atoms. The Balaban J connectivity index is 1.89. The van der Waals surface area contributed by atoms with Gasteiger partial charge in [-0.3, -0.25) is 15.0 Å². The second-order valence-electron chi connectivity index (χ2n) is 7.25. The lowest BCUT2D eigenvalue weighted by molar-refractivity contribution is -0.140. The first kappa shape index (κ1) is 20.9. The van der Waals surface area contributed by atoms with Crippen LogP contribution in [0.1, 0.15) is 24.1 Å². The van der Waals surface area contributed by atoms with Gasteiger partial charge in [0.15, 0.2) is 0 Å². The molecule has 2 heterocycles. The number of nitrogens with zero attached hydrogens (tertiary/aromatic N) is 2. The highest BCUT2D eigenvalue weighted by Gasteiger charge is 2.51. The minimum atomic E-state index is -4.77. The minimum Gasteiger partial charge on any atom is -0.395 e. The van der Waals surface area contributed by atoms with E-state index >= 15 is 0 Å². The van der Waals surface area contributed by atoms with Gasteiger partial charge in [-0.2, -0.15) is 13.2 Å². The van der Waals surface area contributed by atoms with Crippen LogP contribution in [-0.4, -0.2) is 60.1 Å². The first-order valence-corrected chi connectivity index (χ1v) is 8.79. The van der Waals surface area contributed by atoms with Gasteiger partial charge in [0.2, 0.25) is 5.91 Å². The quantitative estimate of drug-likeness (QED) is 0.550. The van der Waals surface area contributed by atoms with Crippen molar-refractivity contribution in [1.29, 1.82) is 0 Å². The van der Waals surface area contributed by atoms with E-state index in [1.165, 1.54) is 6.07 Å². The number of carbonyl (C=O) groups excluding carboxylic acids is 1. The molecule has 2 saturated heterocycles. The Morgan fingerprint density at radius 2 is 2.00 bits per heavy atom. The van der Waals surface area contributed by atoms with Crippen molar-refractivity contribution >= 4 is 5.91 Å². The van der Waals surface area contributed by atoms with Crippen LogP contribution in [0.2, 0.25) is 0 Å². The lowest BCUT2D eigenvalue weighted by Gasteiger charge is -2.41. The molecule has 1 aromatic carbocycles. The molecule has 0 aliphatic carbocycles. The smallest absolute Gasteiger partial charge is 0.395 e. The Labute approximate surface area is 159 Å². The van der Waals surface area contributed by atoms with Crippen molar-refractivity contribution in [2.24, 2.45) is 5.92 Å². The fourth-order valence-electron chi connectivity index (χ4n) is 3.66. The molecule has 5 atom stereocenters. The molecule has 0 aromatic heterocycles. The number of alkyl halides is 3. The molecule has 28 heavy (non-hydrogen) atoms. The molecule has 1 amide bonds. The van der Waals surface area contributed by atoms with Gasteiger partial charge in [0.25, 0.3) is 0 Å². The maximum absolute atomic E-state index is 14.0. The largest absolute Gasteiger partial charge is 0.419 e. The fraction of sp³-hybridized carbons (Fsp3) is 0.588. The zero-order valence-corrected chi connectivity index (χ0v) is 15.6. The van der Waals surface area contributed by atoms with Crippen LogP contribution in [0.4, 0.5) is 17.6 Å². The Morgan fingerprint density at radius 3 is 2.54 bits per heavy atom. The fourth-order valence-corrected chi connectivity index (χ4v) is 3.66. The monoisotopic (exact) mass is 405 g/mol. The number of aliphatic hydroxyl groups excluding tert-OH is 1. The zero-order valence-electron chi connectivity index (χ0n) is 15.6. The molecule has 4 N–H and O–H groups in total. The van der Waals surface area contributed by atoms with E-state index in [0.717, 1.165) is 6.07 Å². The van der Waals surface area contributed by atoms with Gasteiger partial charge in [-0.05, 0) is 38.7 Å². The average molecular weight is 405 g/mol. The number of hydrogen-bond acceptors (Lipinski definition) is 6. The molecule has 0 bridgehead atoms. The number of fused-ring (bicyclic) bond motifs is 1. The van der Waals surface area contributed by atoms with Crippen molar-refractivity contribution in [2.45, 2.75) is 37.6 Å². The van der Waals surface area contributed by atoms with Gasteiger partial charge in [-0.15, -0.1) is 0 Å². The molecule has 11 heteroatoms. The molecule has 2 fully saturated rings. The van der Waals surface area contributed by atoms with Crippen LogP contribution in [0.15, 0.2) is 18.2 Å². The third-order valence-electron chi connectivity index (χ3n) is 5.21. The number of hydrogen-bond donors (Lipinski definition) is 4. The standard InChI is InChI=1S/C17H23F4N5O2/c1-8(9-4-5-10(11(18)6-9)17(19,20)21)26-14-13(12(7-27)24-26)15(28)23-16(22-14)25(2)3/h4-6,8,12-14,16,22,24,27H,7H2,1-3H3,(H,23,28). The van der Waals surface area contributed by atoms with Crippen molar-refractivity contribution in [1.82, 2.24) is 26.0 Å². The molecule has 156 valence electrons. The molecule has 2 aliphatic rings. The summed E-state index contributed by atoms with van der Waals surface area (Å²) in [6.07, 6.45) is -5.78. The second kappa shape index (κ2) is 7.56. The number of aliphatic hydroxyl groups is 1. The van der Waals surface area contributed by atoms with Gasteiger partial charge in [0.1, 0.15) is 12.1 Å². The van der Waals surface area contributed by atoms with Gasteiger partial charge in [-0.25, -0.2) is 14.8 Å². The molecule has 0 saturated carbocycles. The summed E-state index contributed by atoms with van der Waals surface area (Å²) in [5.41, 5.74) is 2.01. The number of benzene rings is 1. The normalized spacial score (nSPS) is 29.7. The number of carbonyl (C=O) groups is 1. The number of hydrazine groups is 1. The average Bonchev–Trinajstić information content (AvgIpc) is 2.99. The van der Waals surface area contributed by atoms with Gasteiger partial charge in [0, 0.05) is 6.04 Å². The molecule has 2 aliphatic heterocycles. The van der Waals surface area contributed by atoms with E-state index in [4.69, 9.17) is 0 Å². The summed E-state index contributed by atoms with van der Waals surface area (Å²) in [5, 5.41) is 17.3. The van der Waals surface area contributed by atoms with Crippen molar-refractivity contribution in [3.63, 3.8) is 0 Å². The summed E-state index contributed by atoms with van der Waals surface area (Å²) in [7, 11) is 3.53. The van der Waals surface area contributed by atoms with Gasteiger partial charge >= 0.3 is 6.18 Å².